The Morgan fingerprint density at radius 2 is 2.14 bits per heavy atom. The molecular weight excluding hydrogens is 199 g/mol. The summed E-state index contributed by atoms with van der Waals surface area (Å²) in [5, 5.41) is 8.71. The Morgan fingerprint density at radius 3 is 2.57 bits per heavy atom. The standard InChI is InChI=1S/C9H17N2O2P/c1-3-13-14(2,12)11-6-4-9(8-10)5-7-11/h9H,3-7H2,1-2H3. The minimum absolute atomic E-state index is 0.132. The normalized spacial score (nSPS) is 24.1. The van der Waals surface area contributed by atoms with Crippen molar-refractivity contribution in [3.8, 4) is 6.07 Å². The van der Waals surface area contributed by atoms with Crippen LogP contribution in [0.3, 0.4) is 0 Å². The van der Waals surface area contributed by atoms with Gasteiger partial charge in [0.1, 0.15) is 0 Å². The fraction of sp³-hybridized carbons (Fsp3) is 0.889. The molecule has 0 aromatic heterocycles. The highest BCUT2D eigenvalue weighted by Crippen LogP contribution is 2.48. The van der Waals surface area contributed by atoms with Crippen molar-refractivity contribution in [1.82, 2.24) is 4.67 Å². The highest BCUT2D eigenvalue weighted by Gasteiger charge is 2.30. The first kappa shape index (κ1) is 11.7. The van der Waals surface area contributed by atoms with Gasteiger partial charge in [-0.25, -0.2) is 4.67 Å². The summed E-state index contributed by atoms with van der Waals surface area (Å²) in [5.74, 6) is 0.132. The predicted octanol–water partition coefficient (Wildman–Crippen LogP) is 2.08. The molecule has 1 fully saturated rings. The Kier molecular flexibility index (Phi) is 4.12. The quantitative estimate of drug-likeness (QED) is 0.678. The first-order valence-electron chi connectivity index (χ1n) is 4.97. The summed E-state index contributed by atoms with van der Waals surface area (Å²) in [4.78, 5) is 0. The Morgan fingerprint density at radius 1 is 1.57 bits per heavy atom. The van der Waals surface area contributed by atoms with E-state index in [1.165, 1.54) is 0 Å². The third-order valence-corrected chi connectivity index (χ3v) is 4.70. The van der Waals surface area contributed by atoms with Crippen LogP contribution in [0.2, 0.25) is 0 Å². The zero-order valence-corrected chi connectivity index (χ0v) is 9.67. The van der Waals surface area contributed by atoms with E-state index < -0.39 is 7.52 Å². The van der Waals surface area contributed by atoms with Crippen molar-refractivity contribution in [2.45, 2.75) is 19.8 Å². The van der Waals surface area contributed by atoms with Gasteiger partial charge in [0.25, 0.3) is 7.52 Å². The van der Waals surface area contributed by atoms with Gasteiger partial charge in [-0.1, -0.05) is 0 Å². The molecule has 5 heteroatoms. The van der Waals surface area contributed by atoms with Gasteiger partial charge in [0, 0.05) is 25.7 Å². The summed E-state index contributed by atoms with van der Waals surface area (Å²) < 4.78 is 19.1. The van der Waals surface area contributed by atoms with Gasteiger partial charge in [0.05, 0.1) is 12.7 Å². The molecule has 4 nitrogen and oxygen atoms in total. The maximum Gasteiger partial charge on any atom is 0.269 e. The SMILES string of the molecule is CCOP(C)(=O)N1CCC(C#N)CC1. The highest BCUT2D eigenvalue weighted by atomic mass is 31.2. The molecule has 0 aromatic rings. The first-order chi connectivity index (χ1) is 6.60. The summed E-state index contributed by atoms with van der Waals surface area (Å²) in [7, 11) is -2.58. The smallest absolute Gasteiger partial charge is 0.269 e. The van der Waals surface area contributed by atoms with Crippen LogP contribution in [0.25, 0.3) is 0 Å². The lowest BCUT2D eigenvalue weighted by molar-refractivity contribution is 0.241. The van der Waals surface area contributed by atoms with E-state index in [0.717, 1.165) is 12.8 Å². The minimum atomic E-state index is -2.58. The van der Waals surface area contributed by atoms with Gasteiger partial charge in [0.15, 0.2) is 0 Å². The zero-order valence-electron chi connectivity index (χ0n) is 8.77. The van der Waals surface area contributed by atoms with Gasteiger partial charge in [-0.05, 0) is 19.8 Å². The van der Waals surface area contributed by atoms with Crippen LogP contribution >= 0.6 is 7.52 Å². The summed E-state index contributed by atoms with van der Waals surface area (Å²) in [5.41, 5.74) is 0. The van der Waals surface area contributed by atoms with Crippen LogP contribution in [0.1, 0.15) is 19.8 Å². The molecule has 1 atom stereocenters. The molecule has 0 aromatic carbocycles. The second-order valence-electron chi connectivity index (χ2n) is 3.58. The van der Waals surface area contributed by atoms with Gasteiger partial charge in [0.2, 0.25) is 0 Å². The number of rotatable bonds is 3. The molecule has 1 rings (SSSR count). The average Bonchev–Trinajstić information content (AvgIpc) is 2.18. The molecule has 0 N–H and O–H groups in total. The van der Waals surface area contributed by atoms with E-state index in [-0.39, 0.29) is 5.92 Å². The van der Waals surface area contributed by atoms with Gasteiger partial charge in [-0.15, -0.1) is 0 Å². The third-order valence-electron chi connectivity index (χ3n) is 2.54. The molecular formula is C9H17N2O2P. The molecule has 1 unspecified atom stereocenters. The molecule has 0 radical (unpaired) electrons. The fourth-order valence-electron chi connectivity index (χ4n) is 1.68. The van der Waals surface area contributed by atoms with E-state index in [1.807, 2.05) is 11.6 Å². The number of hydrogen-bond donors (Lipinski definition) is 0. The molecule has 0 saturated carbocycles. The van der Waals surface area contributed by atoms with Gasteiger partial charge in [-0.2, -0.15) is 5.26 Å². The Hall–Kier alpha value is -0.360. The summed E-state index contributed by atoms with van der Waals surface area (Å²) in [6, 6.07) is 2.25. The fourth-order valence-corrected chi connectivity index (χ4v) is 3.28. The lowest BCUT2D eigenvalue weighted by atomic mass is 10.0. The molecule has 0 bridgehead atoms. The van der Waals surface area contributed by atoms with Crippen LogP contribution < -0.4 is 0 Å². The molecule has 80 valence electrons. The van der Waals surface area contributed by atoms with E-state index in [2.05, 4.69) is 6.07 Å². The molecule has 1 heterocycles. The van der Waals surface area contributed by atoms with Crippen molar-refractivity contribution in [3.05, 3.63) is 0 Å². The summed E-state index contributed by atoms with van der Waals surface area (Å²) in [6.45, 7) is 5.41. The van der Waals surface area contributed by atoms with E-state index in [0.29, 0.717) is 19.7 Å². The third kappa shape index (κ3) is 2.81. The number of nitrogens with zero attached hydrogens (tertiary/aromatic N) is 2. The zero-order chi connectivity index (χ0) is 10.6. The summed E-state index contributed by atoms with van der Waals surface area (Å²) in [6.07, 6.45) is 1.61. The summed E-state index contributed by atoms with van der Waals surface area (Å²) >= 11 is 0. The van der Waals surface area contributed by atoms with Crippen molar-refractivity contribution < 1.29 is 9.09 Å². The van der Waals surface area contributed by atoms with Crippen molar-refractivity contribution in [2.75, 3.05) is 26.4 Å². The molecule has 1 aliphatic rings. The van der Waals surface area contributed by atoms with Crippen molar-refractivity contribution >= 4 is 7.52 Å². The largest absolute Gasteiger partial charge is 0.318 e. The second-order valence-corrected chi connectivity index (χ2v) is 6.01. The highest BCUT2D eigenvalue weighted by molar-refractivity contribution is 7.55. The Balaban J connectivity index is 2.49. The monoisotopic (exact) mass is 216 g/mol. The van der Waals surface area contributed by atoms with Crippen LogP contribution in [-0.2, 0) is 9.09 Å². The van der Waals surface area contributed by atoms with E-state index >= 15 is 0 Å². The maximum absolute atomic E-state index is 12.0. The molecule has 1 aliphatic heterocycles. The predicted molar refractivity (Wildman–Crippen MR) is 55.1 cm³/mol. The minimum Gasteiger partial charge on any atom is -0.318 e. The van der Waals surface area contributed by atoms with Crippen LogP contribution in [0, 0.1) is 17.2 Å². The van der Waals surface area contributed by atoms with Crippen LogP contribution in [0.15, 0.2) is 0 Å². The Bertz CT molecular complexity index is 266. The van der Waals surface area contributed by atoms with Crippen molar-refractivity contribution in [2.24, 2.45) is 5.92 Å². The second kappa shape index (κ2) is 4.93. The molecule has 14 heavy (non-hydrogen) atoms. The van der Waals surface area contributed by atoms with Crippen LogP contribution in [0.4, 0.5) is 0 Å². The number of hydrogen-bond acceptors (Lipinski definition) is 3. The molecule has 0 aliphatic carbocycles. The van der Waals surface area contributed by atoms with Gasteiger partial charge in [-0.3, -0.25) is 4.57 Å². The number of piperidine rings is 1. The average molecular weight is 216 g/mol. The van der Waals surface area contributed by atoms with Crippen molar-refractivity contribution in [1.29, 1.82) is 5.26 Å². The topological polar surface area (TPSA) is 53.3 Å². The maximum atomic E-state index is 12.0. The van der Waals surface area contributed by atoms with E-state index in [1.54, 1.807) is 6.66 Å². The molecule has 0 amide bonds. The van der Waals surface area contributed by atoms with Crippen LogP contribution in [-0.4, -0.2) is 31.0 Å². The van der Waals surface area contributed by atoms with E-state index in [9.17, 15) is 4.57 Å². The van der Waals surface area contributed by atoms with Crippen LogP contribution in [0.5, 0.6) is 0 Å². The van der Waals surface area contributed by atoms with E-state index in [4.69, 9.17) is 9.79 Å². The first-order valence-corrected chi connectivity index (χ1v) is 6.99. The molecule has 0 spiro atoms. The van der Waals surface area contributed by atoms with Gasteiger partial charge >= 0.3 is 0 Å². The van der Waals surface area contributed by atoms with Gasteiger partial charge < -0.3 is 4.52 Å². The molecule has 1 saturated heterocycles. The lowest BCUT2D eigenvalue weighted by Gasteiger charge is -2.32. The Labute approximate surface area is 85.4 Å². The number of nitriles is 1. The van der Waals surface area contributed by atoms with Crippen molar-refractivity contribution in [3.63, 3.8) is 0 Å². The lowest BCUT2D eigenvalue weighted by Crippen LogP contribution is -2.31.